The summed E-state index contributed by atoms with van der Waals surface area (Å²) in [7, 11) is 0. The molecule has 0 spiro atoms. The van der Waals surface area contributed by atoms with Crippen LogP contribution in [0.15, 0.2) is 0 Å². The number of halogens is 8. The molecule has 0 heterocycles. The van der Waals surface area contributed by atoms with Gasteiger partial charge in [0.15, 0.2) is 0 Å². The van der Waals surface area contributed by atoms with Crippen LogP contribution in [0.1, 0.15) is 19.3 Å². The van der Waals surface area contributed by atoms with Gasteiger partial charge in [0.1, 0.15) is 0 Å². The van der Waals surface area contributed by atoms with Gasteiger partial charge in [-0.05, 0) is 19.4 Å². The first-order valence-electron chi connectivity index (χ1n) is 4.76. The van der Waals surface area contributed by atoms with E-state index in [2.05, 4.69) is 0 Å². The summed E-state index contributed by atoms with van der Waals surface area (Å²) < 4.78 is 86.1. The van der Waals surface area contributed by atoms with E-state index >= 15 is 0 Å². The van der Waals surface area contributed by atoms with Crippen LogP contribution >= 0.6 is 12.4 Å². The number of hydrogen-bond acceptors (Lipinski definition) is 2. The smallest absolute Gasteiger partial charge is 0.330 e. The SMILES string of the molecule is Cl.NCCCC[C@@H](N)C(F)(F)C(F)(F)C(F)(F)F. The lowest BCUT2D eigenvalue weighted by atomic mass is 9.98. The van der Waals surface area contributed by atoms with Crippen LogP contribution in [0.5, 0.6) is 0 Å². The average Bonchev–Trinajstić information content (AvgIpc) is 2.15. The van der Waals surface area contributed by atoms with E-state index in [-0.39, 0.29) is 31.8 Å². The number of nitrogens with two attached hydrogens (primary N) is 2. The molecule has 4 N–H and O–H groups in total. The van der Waals surface area contributed by atoms with Crippen molar-refractivity contribution in [2.45, 2.75) is 43.3 Å². The van der Waals surface area contributed by atoms with Gasteiger partial charge in [-0.15, -0.1) is 12.4 Å². The van der Waals surface area contributed by atoms with Crippen LogP contribution in [-0.4, -0.2) is 30.6 Å². The summed E-state index contributed by atoms with van der Waals surface area (Å²) >= 11 is 0. The van der Waals surface area contributed by atoms with Crippen molar-refractivity contribution in [3.8, 4) is 0 Å². The van der Waals surface area contributed by atoms with Gasteiger partial charge >= 0.3 is 18.0 Å². The van der Waals surface area contributed by atoms with Crippen LogP contribution in [-0.2, 0) is 0 Å². The second-order valence-electron chi connectivity index (χ2n) is 3.59. The van der Waals surface area contributed by atoms with E-state index in [0.29, 0.717) is 0 Å². The summed E-state index contributed by atoms with van der Waals surface area (Å²) in [6.07, 6.45) is -6.81. The maximum Gasteiger partial charge on any atom is 0.459 e. The fourth-order valence-electron chi connectivity index (χ4n) is 1.11. The van der Waals surface area contributed by atoms with Gasteiger partial charge in [-0.3, -0.25) is 0 Å². The summed E-state index contributed by atoms with van der Waals surface area (Å²) in [6, 6.07) is -2.56. The minimum atomic E-state index is -6.33. The lowest BCUT2D eigenvalue weighted by molar-refractivity contribution is -0.358. The fourth-order valence-corrected chi connectivity index (χ4v) is 1.11. The molecule has 112 valence electrons. The minimum absolute atomic E-state index is 0. The molecule has 0 aliphatic rings. The molecular formula is C8H14ClF7N2. The molecule has 1 atom stereocenters. The Labute approximate surface area is 105 Å². The zero-order chi connectivity index (χ0) is 13.9. The first kappa shape index (κ1) is 20.0. The summed E-state index contributed by atoms with van der Waals surface area (Å²) in [5.41, 5.74) is 9.73. The molecule has 0 amide bonds. The third-order valence-electron chi connectivity index (χ3n) is 2.21. The Kier molecular flexibility index (Phi) is 7.53. The molecule has 0 saturated carbocycles. The summed E-state index contributed by atoms with van der Waals surface area (Å²) in [5, 5.41) is 0. The molecule has 0 saturated heterocycles. The third kappa shape index (κ3) is 4.13. The number of hydrogen-bond donors (Lipinski definition) is 2. The molecule has 0 unspecified atom stereocenters. The summed E-state index contributed by atoms with van der Waals surface area (Å²) in [4.78, 5) is 0. The highest BCUT2D eigenvalue weighted by Crippen LogP contribution is 2.48. The van der Waals surface area contributed by atoms with Gasteiger partial charge in [0.05, 0.1) is 6.04 Å². The zero-order valence-corrected chi connectivity index (χ0v) is 9.93. The van der Waals surface area contributed by atoms with Crippen LogP contribution < -0.4 is 11.5 Å². The number of alkyl halides is 7. The molecule has 0 aromatic carbocycles. The van der Waals surface area contributed by atoms with Crippen molar-refractivity contribution in [3.63, 3.8) is 0 Å². The maximum absolute atomic E-state index is 12.9. The molecule has 0 rings (SSSR count). The number of unbranched alkanes of at least 4 members (excludes halogenated alkanes) is 1. The second kappa shape index (κ2) is 6.76. The maximum atomic E-state index is 12.9. The third-order valence-corrected chi connectivity index (χ3v) is 2.21. The molecule has 0 radical (unpaired) electrons. The highest BCUT2D eigenvalue weighted by atomic mass is 35.5. The molecule has 0 bridgehead atoms. The Hall–Kier alpha value is -0.280. The topological polar surface area (TPSA) is 52.0 Å². The predicted octanol–water partition coefficient (Wildman–Crippen LogP) is 2.70. The second-order valence-corrected chi connectivity index (χ2v) is 3.59. The normalized spacial score (nSPS) is 15.2. The lowest BCUT2D eigenvalue weighted by Crippen LogP contribution is -2.60. The largest absolute Gasteiger partial charge is 0.459 e. The van der Waals surface area contributed by atoms with Crippen molar-refractivity contribution >= 4 is 12.4 Å². The van der Waals surface area contributed by atoms with Crippen molar-refractivity contribution in [2.75, 3.05) is 6.54 Å². The Morgan fingerprint density at radius 3 is 1.67 bits per heavy atom. The van der Waals surface area contributed by atoms with E-state index in [1.165, 1.54) is 0 Å². The van der Waals surface area contributed by atoms with E-state index < -0.39 is 30.5 Å². The van der Waals surface area contributed by atoms with Gasteiger partial charge in [0.2, 0.25) is 0 Å². The standard InChI is InChI=1S/C8H13F7N2.ClH/c9-6(10,5(17)3-1-2-4-16)7(11,12)8(13,14)15;/h5H,1-4,16-17H2;1H/t5-;/m1./s1. The van der Waals surface area contributed by atoms with Crippen molar-refractivity contribution in [1.29, 1.82) is 0 Å². The quantitative estimate of drug-likeness (QED) is 0.585. The first-order valence-corrected chi connectivity index (χ1v) is 4.76. The van der Waals surface area contributed by atoms with E-state index in [1.54, 1.807) is 0 Å². The van der Waals surface area contributed by atoms with E-state index in [1.807, 2.05) is 0 Å². The molecule has 0 aromatic heterocycles. The monoisotopic (exact) mass is 306 g/mol. The van der Waals surface area contributed by atoms with Gasteiger partial charge in [-0.2, -0.15) is 30.7 Å². The molecule has 0 aromatic rings. The van der Waals surface area contributed by atoms with Gasteiger partial charge in [-0.1, -0.05) is 6.42 Å². The lowest BCUT2D eigenvalue weighted by Gasteiger charge is -2.32. The van der Waals surface area contributed by atoms with Gasteiger partial charge in [0.25, 0.3) is 0 Å². The van der Waals surface area contributed by atoms with Gasteiger partial charge < -0.3 is 11.5 Å². The Morgan fingerprint density at radius 1 is 0.889 bits per heavy atom. The highest BCUT2D eigenvalue weighted by molar-refractivity contribution is 5.85. The van der Waals surface area contributed by atoms with E-state index in [9.17, 15) is 30.7 Å². The Balaban J connectivity index is 0. The first-order chi connectivity index (χ1) is 7.48. The van der Waals surface area contributed by atoms with Crippen LogP contribution in [0.2, 0.25) is 0 Å². The van der Waals surface area contributed by atoms with Crippen LogP contribution in [0.3, 0.4) is 0 Å². The molecule has 0 fully saturated rings. The minimum Gasteiger partial charge on any atom is -0.330 e. The van der Waals surface area contributed by atoms with Crippen LogP contribution in [0.25, 0.3) is 0 Å². The van der Waals surface area contributed by atoms with Crippen LogP contribution in [0, 0.1) is 0 Å². The molecule has 2 nitrogen and oxygen atoms in total. The average molecular weight is 307 g/mol. The van der Waals surface area contributed by atoms with Crippen molar-refractivity contribution in [2.24, 2.45) is 11.5 Å². The van der Waals surface area contributed by atoms with E-state index in [0.717, 1.165) is 0 Å². The molecule has 10 heteroatoms. The molecular weight excluding hydrogens is 293 g/mol. The van der Waals surface area contributed by atoms with Crippen LogP contribution in [0.4, 0.5) is 30.7 Å². The van der Waals surface area contributed by atoms with Gasteiger partial charge in [-0.25, -0.2) is 0 Å². The Bertz CT molecular complexity index is 244. The fraction of sp³-hybridized carbons (Fsp3) is 1.00. The zero-order valence-electron chi connectivity index (χ0n) is 9.11. The van der Waals surface area contributed by atoms with Crippen molar-refractivity contribution in [1.82, 2.24) is 0 Å². The van der Waals surface area contributed by atoms with Crippen molar-refractivity contribution < 1.29 is 30.7 Å². The summed E-state index contributed by atoms with van der Waals surface area (Å²) in [6.45, 7) is 0.119. The Morgan fingerprint density at radius 2 is 1.33 bits per heavy atom. The number of rotatable bonds is 6. The van der Waals surface area contributed by atoms with Gasteiger partial charge in [0, 0.05) is 0 Å². The molecule has 0 aliphatic heterocycles. The highest BCUT2D eigenvalue weighted by Gasteiger charge is 2.74. The van der Waals surface area contributed by atoms with Crippen molar-refractivity contribution in [3.05, 3.63) is 0 Å². The summed E-state index contributed by atoms with van der Waals surface area (Å²) in [5.74, 6) is -11.5. The van der Waals surface area contributed by atoms with E-state index in [4.69, 9.17) is 11.5 Å². The molecule has 18 heavy (non-hydrogen) atoms. The predicted molar refractivity (Wildman–Crippen MR) is 54.1 cm³/mol. The molecule has 0 aliphatic carbocycles.